The third kappa shape index (κ3) is 4.92. The van der Waals surface area contributed by atoms with Gasteiger partial charge in [0.15, 0.2) is 0 Å². The summed E-state index contributed by atoms with van der Waals surface area (Å²) in [5.41, 5.74) is 2.56. The number of benzene rings is 2. The minimum atomic E-state index is -0.353. The van der Waals surface area contributed by atoms with Crippen LogP contribution in [-0.2, 0) is 14.3 Å². The van der Waals surface area contributed by atoms with Gasteiger partial charge in [-0.2, -0.15) is 0 Å². The van der Waals surface area contributed by atoms with Crippen molar-refractivity contribution in [3.63, 3.8) is 0 Å². The normalized spacial score (nSPS) is 17.5. The molecule has 26 heavy (non-hydrogen) atoms. The van der Waals surface area contributed by atoms with Gasteiger partial charge in [0, 0.05) is 24.4 Å². The summed E-state index contributed by atoms with van der Waals surface area (Å²) < 4.78 is 5.37. The molecule has 1 saturated heterocycles. The van der Waals surface area contributed by atoms with Crippen LogP contribution in [0.1, 0.15) is 37.7 Å². The van der Waals surface area contributed by atoms with Crippen molar-refractivity contribution in [1.82, 2.24) is 0 Å². The molecular weight excluding hydrogens is 328 g/mol. The summed E-state index contributed by atoms with van der Waals surface area (Å²) in [4.78, 5) is 24.3. The van der Waals surface area contributed by atoms with Gasteiger partial charge in [-0.3, -0.25) is 9.59 Å². The lowest BCUT2D eigenvalue weighted by Crippen LogP contribution is -2.26. The first-order valence-electron chi connectivity index (χ1n) is 8.99. The molecule has 2 aromatic rings. The Morgan fingerprint density at radius 1 is 1.04 bits per heavy atom. The molecule has 2 aromatic carbocycles. The maximum absolute atomic E-state index is 12.2. The van der Waals surface area contributed by atoms with Gasteiger partial charge in [-0.15, -0.1) is 0 Å². The Bertz CT molecular complexity index is 738. The van der Waals surface area contributed by atoms with Crippen molar-refractivity contribution < 1.29 is 14.3 Å². The summed E-state index contributed by atoms with van der Waals surface area (Å²) in [6.45, 7) is 2.68. The molecule has 5 nitrogen and oxygen atoms in total. The first-order chi connectivity index (χ1) is 12.6. The van der Waals surface area contributed by atoms with Crippen molar-refractivity contribution in [2.24, 2.45) is 0 Å². The van der Waals surface area contributed by atoms with Crippen LogP contribution in [0.3, 0.4) is 0 Å². The van der Waals surface area contributed by atoms with E-state index < -0.39 is 0 Å². The summed E-state index contributed by atoms with van der Waals surface area (Å²) >= 11 is 0. The van der Waals surface area contributed by atoms with E-state index in [1.54, 1.807) is 24.3 Å². The second-order valence-corrected chi connectivity index (χ2v) is 6.63. The van der Waals surface area contributed by atoms with Gasteiger partial charge in [0.25, 0.3) is 5.91 Å². The Hall–Kier alpha value is -2.66. The fourth-order valence-corrected chi connectivity index (χ4v) is 3.03. The minimum Gasteiger partial charge on any atom is -0.368 e. The van der Waals surface area contributed by atoms with E-state index in [0.29, 0.717) is 24.4 Å². The molecular formula is C21H24N2O3. The molecule has 3 rings (SSSR count). The smallest absolute Gasteiger partial charge is 0.253 e. The summed E-state index contributed by atoms with van der Waals surface area (Å²) in [6.07, 6.45) is 1.75. The van der Waals surface area contributed by atoms with Gasteiger partial charge in [0.2, 0.25) is 5.91 Å². The lowest BCUT2D eigenvalue weighted by molar-refractivity contribution is -0.124. The van der Waals surface area contributed by atoms with Gasteiger partial charge in [0.05, 0.1) is 0 Å². The summed E-state index contributed by atoms with van der Waals surface area (Å²) in [5.74, 6) is 0.00892. The molecule has 1 aliphatic rings. The lowest BCUT2D eigenvalue weighted by atomic mass is 9.97. The van der Waals surface area contributed by atoms with Crippen LogP contribution in [0.2, 0.25) is 0 Å². The van der Waals surface area contributed by atoms with Crippen LogP contribution in [0.5, 0.6) is 0 Å². The van der Waals surface area contributed by atoms with Crippen LogP contribution in [0.25, 0.3) is 0 Å². The number of carbonyl (C=O) groups excluding carboxylic acids is 2. The highest BCUT2D eigenvalue weighted by molar-refractivity contribution is 5.95. The standard InChI is InChI=1S/C21H24N2O3/c1-15(16-6-3-2-4-7-16)14-20(24)22-17-9-11-18(12-10-17)23-21(25)19-8-5-13-26-19/h2-4,6-7,9-12,15,19H,5,8,13-14H2,1H3,(H,22,24)(H,23,25). The van der Waals surface area contributed by atoms with Crippen LogP contribution in [0, 0.1) is 0 Å². The zero-order chi connectivity index (χ0) is 18.4. The van der Waals surface area contributed by atoms with Gasteiger partial charge in [-0.25, -0.2) is 0 Å². The number of carbonyl (C=O) groups is 2. The molecule has 1 heterocycles. The van der Waals surface area contributed by atoms with Gasteiger partial charge < -0.3 is 15.4 Å². The third-order valence-electron chi connectivity index (χ3n) is 4.52. The quantitative estimate of drug-likeness (QED) is 0.827. The van der Waals surface area contributed by atoms with Gasteiger partial charge in [-0.1, -0.05) is 37.3 Å². The molecule has 5 heteroatoms. The number of rotatable bonds is 6. The molecule has 136 valence electrons. The molecule has 0 spiro atoms. The molecule has 2 N–H and O–H groups in total. The van der Waals surface area contributed by atoms with Crippen LogP contribution in [-0.4, -0.2) is 24.5 Å². The number of anilines is 2. The highest BCUT2D eigenvalue weighted by atomic mass is 16.5. The van der Waals surface area contributed by atoms with Crippen LogP contribution in [0.4, 0.5) is 11.4 Å². The van der Waals surface area contributed by atoms with Crippen molar-refractivity contribution >= 4 is 23.2 Å². The number of ether oxygens (including phenoxy) is 1. The Labute approximate surface area is 153 Å². The maximum atomic E-state index is 12.2. The molecule has 0 aromatic heterocycles. The van der Waals surface area contributed by atoms with E-state index in [4.69, 9.17) is 4.74 Å². The first-order valence-corrected chi connectivity index (χ1v) is 8.99. The second-order valence-electron chi connectivity index (χ2n) is 6.63. The van der Waals surface area contributed by atoms with Crippen LogP contribution < -0.4 is 10.6 Å². The molecule has 0 bridgehead atoms. The van der Waals surface area contributed by atoms with E-state index in [0.717, 1.165) is 18.4 Å². The Morgan fingerprint density at radius 3 is 2.31 bits per heavy atom. The predicted octanol–water partition coefficient (Wildman–Crippen LogP) is 3.94. The average Bonchev–Trinajstić information content (AvgIpc) is 3.19. The molecule has 1 aliphatic heterocycles. The Kier molecular flexibility index (Phi) is 6.02. The fourth-order valence-electron chi connectivity index (χ4n) is 3.03. The summed E-state index contributed by atoms with van der Waals surface area (Å²) in [6, 6.07) is 17.1. The second kappa shape index (κ2) is 8.63. The topological polar surface area (TPSA) is 67.4 Å². The van der Waals surface area contributed by atoms with Gasteiger partial charge >= 0.3 is 0 Å². The largest absolute Gasteiger partial charge is 0.368 e. The third-order valence-corrected chi connectivity index (χ3v) is 4.52. The van der Waals surface area contributed by atoms with E-state index in [1.807, 2.05) is 37.3 Å². The van der Waals surface area contributed by atoms with Crippen LogP contribution >= 0.6 is 0 Å². The highest BCUT2D eigenvalue weighted by Gasteiger charge is 2.23. The molecule has 2 amide bonds. The van der Waals surface area contributed by atoms with Crippen molar-refractivity contribution in [3.05, 3.63) is 60.2 Å². The molecule has 2 atom stereocenters. The van der Waals surface area contributed by atoms with Crippen molar-refractivity contribution in [2.75, 3.05) is 17.2 Å². The first kappa shape index (κ1) is 18.1. The molecule has 1 fully saturated rings. The monoisotopic (exact) mass is 352 g/mol. The molecule has 0 radical (unpaired) electrons. The predicted molar refractivity (Wildman–Crippen MR) is 102 cm³/mol. The zero-order valence-corrected chi connectivity index (χ0v) is 14.9. The number of amides is 2. The highest BCUT2D eigenvalue weighted by Crippen LogP contribution is 2.21. The maximum Gasteiger partial charge on any atom is 0.253 e. The van der Waals surface area contributed by atoms with Crippen molar-refractivity contribution in [3.8, 4) is 0 Å². The zero-order valence-electron chi connectivity index (χ0n) is 14.9. The number of nitrogens with one attached hydrogen (secondary N) is 2. The summed E-state index contributed by atoms with van der Waals surface area (Å²) in [7, 11) is 0. The molecule has 0 saturated carbocycles. The minimum absolute atomic E-state index is 0.0301. The van der Waals surface area contributed by atoms with Crippen molar-refractivity contribution in [1.29, 1.82) is 0 Å². The number of hydrogen-bond donors (Lipinski definition) is 2. The van der Waals surface area contributed by atoms with E-state index in [-0.39, 0.29) is 23.8 Å². The molecule has 0 aliphatic carbocycles. The van der Waals surface area contributed by atoms with Gasteiger partial charge in [0.1, 0.15) is 6.10 Å². The van der Waals surface area contributed by atoms with E-state index in [9.17, 15) is 9.59 Å². The average molecular weight is 352 g/mol. The van der Waals surface area contributed by atoms with E-state index in [1.165, 1.54) is 0 Å². The fraction of sp³-hybridized carbons (Fsp3) is 0.333. The Balaban J connectivity index is 1.50. The molecule has 2 unspecified atom stereocenters. The van der Waals surface area contributed by atoms with E-state index >= 15 is 0 Å². The Morgan fingerprint density at radius 2 is 1.69 bits per heavy atom. The van der Waals surface area contributed by atoms with Crippen LogP contribution in [0.15, 0.2) is 54.6 Å². The van der Waals surface area contributed by atoms with E-state index in [2.05, 4.69) is 10.6 Å². The van der Waals surface area contributed by atoms with Crippen molar-refractivity contribution in [2.45, 2.75) is 38.2 Å². The SMILES string of the molecule is CC(CC(=O)Nc1ccc(NC(=O)C2CCCO2)cc1)c1ccccc1. The summed E-state index contributed by atoms with van der Waals surface area (Å²) in [5, 5.41) is 5.74. The van der Waals surface area contributed by atoms with Gasteiger partial charge in [-0.05, 0) is 48.6 Å². The lowest BCUT2D eigenvalue weighted by Gasteiger charge is -2.13. The number of hydrogen-bond acceptors (Lipinski definition) is 3.